The molecule has 108 valence electrons. The Hall–Kier alpha value is -0.830. The van der Waals surface area contributed by atoms with Gasteiger partial charge in [-0.1, -0.05) is 25.8 Å². The minimum atomic E-state index is -0.368. The summed E-state index contributed by atoms with van der Waals surface area (Å²) in [6, 6.07) is 0. The number of fused-ring (bicyclic) bond motifs is 2. The lowest BCUT2D eigenvalue weighted by Gasteiger charge is -2.41. The van der Waals surface area contributed by atoms with Gasteiger partial charge >= 0.3 is 5.97 Å². The van der Waals surface area contributed by atoms with Gasteiger partial charge in [0.05, 0.1) is 6.10 Å². The minimum absolute atomic E-state index is 0.0543. The number of carbonyl (C=O) groups is 1. The quantitative estimate of drug-likeness (QED) is 0.432. The number of rotatable bonds is 5. The molecule has 0 radical (unpaired) electrons. The van der Waals surface area contributed by atoms with Crippen molar-refractivity contribution in [3.8, 4) is 0 Å². The van der Waals surface area contributed by atoms with Crippen LogP contribution >= 0.6 is 0 Å². The summed E-state index contributed by atoms with van der Waals surface area (Å²) in [6.45, 7) is 7.36. The first-order chi connectivity index (χ1) is 9.06. The fourth-order valence-electron chi connectivity index (χ4n) is 3.62. The predicted octanol–water partition coefficient (Wildman–Crippen LogP) is 3.68. The lowest BCUT2D eigenvalue weighted by Crippen LogP contribution is -2.33. The van der Waals surface area contributed by atoms with Gasteiger partial charge in [-0.15, -0.1) is 0 Å². The average molecular weight is 266 g/mol. The number of esters is 1. The molecule has 0 aromatic heterocycles. The van der Waals surface area contributed by atoms with Gasteiger partial charge in [0.25, 0.3) is 0 Å². The molecule has 3 atom stereocenters. The summed E-state index contributed by atoms with van der Waals surface area (Å²) in [6.07, 6.45) is 8.37. The second kappa shape index (κ2) is 6.56. The Morgan fingerprint density at radius 2 is 1.89 bits per heavy atom. The van der Waals surface area contributed by atoms with Crippen molar-refractivity contribution in [3.63, 3.8) is 0 Å². The maximum absolute atomic E-state index is 11.3. The van der Waals surface area contributed by atoms with E-state index < -0.39 is 0 Å². The van der Waals surface area contributed by atoms with Gasteiger partial charge in [0.1, 0.15) is 0 Å². The molecule has 3 nitrogen and oxygen atoms in total. The number of carbonyl (C=O) groups excluding carboxylic acids is 1. The zero-order chi connectivity index (χ0) is 13.8. The van der Waals surface area contributed by atoms with Gasteiger partial charge in [0.15, 0.2) is 6.79 Å². The minimum Gasteiger partial charge on any atom is -0.435 e. The molecular weight excluding hydrogens is 240 g/mol. The summed E-state index contributed by atoms with van der Waals surface area (Å²) in [5, 5.41) is 0. The van der Waals surface area contributed by atoms with Crippen molar-refractivity contribution < 1.29 is 14.3 Å². The van der Waals surface area contributed by atoms with E-state index in [2.05, 4.69) is 13.5 Å². The third kappa shape index (κ3) is 4.07. The van der Waals surface area contributed by atoms with Crippen LogP contribution in [0.15, 0.2) is 12.2 Å². The first kappa shape index (κ1) is 14.6. The summed E-state index contributed by atoms with van der Waals surface area (Å²) in [5.74, 6) is 2.07. The highest BCUT2D eigenvalue weighted by Gasteiger charge is 2.34. The number of hydrogen-bond donors (Lipinski definition) is 0. The molecule has 0 spiro atoms. The number of ether oxygens (including phenoxy) is 2. The van der Waals surface area contributed by atoms with Gasteiger partial charge in [-0.05, 0) is 50.9 Å². The van der Waals surface area contributed by atoms with Crippen LogP contribution in [0.4, 0.5) is 0 Å². The normalized spacial score (nSPS) is 31.6. The van der Waals surface area contributed by atoms with Crippen molar-refractivity contribution in [2.45, 2.75) is 58.5 Å². The summed E-state index contributed by atoms with van der Waals surface area (Å²) in [7, 11) is 0. The molecule has 19 heavy (non-hydrogen) atoms. The maximum Gasteiger partial charge on any atom is 0.335 e. The van der Waals surface area contributed by atoms with Gasteiger partial charge in [0, 0.05) is 5.57 Å². The third-order valence-corrected chi connectivity index (χ3v) is 4.70. The zero-order valence-electron chi connectivity index (χ0n) is 12.2. The fourth-order valence-corrected chi connectivity index (χ4v) is 3.62. The van der Waals surface area contributed by atoms with Crippen molar-refractivity contribution in [2.75, 3.05) is 6.79 Å². The summed E-state index contributed by atoms with van der Waals surface area (Å²) >= 11 is 0. The monoisotopic (exact) mass is 266 g/mol. The van der Waals surface area contributed by atoms with Gasteiger partial charge in [-0.25, -0.2) is 4.79 Å². The molecule has 0 N–H and O–H groups in total. The van der Waals surface area contributed by atoms with Crippen LogP contribution in [-0.4, -0.2) is 18.9 Å². The summed E-state index contributed by atoms with van der Waals surface area (Å²) in [4.78, 5) is 11.3. The lowest BCUT2D eigenvalue weighted by molar-refractivity contribution is -0.159. The summed E-state index contributed by atoms with van der Waals surface area (Å²) < 4.78 is 10.7. The molecule has 2 bridgehead atoms. The molecule has 3 heteroatoms. The first-order valence-corrected chi connectivity index (χ1v) is 7.50. The molecule has 0 aliphatic heterocycles. The van der Waals surface area contributed by atoms with Gasteiger partial charge in [0.2, 0.25) is 0 Å². The Bertz CT molecular complexity index is 325. The number of hydrogen-bond acceptors (Lipinski definition) is 3. The Morgan fingerprint density at radius 1 is 1.26 bits per heavy atom. The highest BCUT2D eigenvalue weighted by Crippen LogP contribution is 2.43. The largest absolute Gasteiger partial charge is 0.435 e. The SMILES string of the molecule is C=C(C)C(=O)OCOC(C)C1CC2CCCC(C2)C1. The highest BCUT2D eigenvalue weighted by atomic mass is 16.7. The second-order valence-corrected chi connectivity index (χ2v) is 6.33. The van der Waals surface area contributed by atoms with E-state index in [1.807, 2.05) is 0 Å². The van der Waals surface area contributed by atoms with E-state index >= 15 is 0 Å². The van der Waals surface area contributed by atoms with Crippen molar-refractivity contribution in [1.82, 2.24) is 0 Å². The molecular formula is C16H26O3. The van der Waals surface area contributed by atoms with E-state index in [0.717, 1.165) is 11.8 Å². The molecule has 2 saturated carbocycles. The van der Waals surface area contributed by atoms with E-state index in [1.165, 1.54) is 38.5 Å². The molecule has 2 rings (SSSR count). The Labute approximate surface area is 116 Å². The lowest BCUT2D eigenvalue weighted by atomic mass is 9.67. The molecule has 0 heterocycles. The van der Waals surface area contributed by atoms with Crippen LogP contribution in [0, 0.1) is 17.8 Å². The molecule has 0 amide bonds. The molecule has 0 saturated heterocycles. The van der Waals surface area contributed by atoms with E-state index in [-0.39, 0.29) is 18.9 Å². The van der Waals surface area contributed by atoms with Crippen LogP contribution in [0.3, 0.4) is 0 Å². The second-order valence-electron chi connectivity index (χ2n) is 6.33. The molecule has 0 aromatic rings. The maximum atomic E-state index is 11.3. The van der Waals surface area contributed by atoms with Crippen molar-refractivity contribution in [3.05, 3.63) is 12.2 Å². The van der Waals surface area contributed by atoms with Gasteiger partial charge in [-0.2, -0.15) is 0 Å². The van der Waals surface area contributed by atoms with Crippen molar-refractivity contribution >= 4 is 5.97 Å². The zero-order valence-corrected chi connectivity index (χ0v) is 12.2. The van der Waals surface area contributed by atoms with Crippen LogP contribution in [-0.2, 0) is 14.3 Å². The fraction of sp³-hybridized carbons (Fsp3) is 0.812. The van der Waals surface area contributed by atoms with Gasteiger partial charge in [-0.3, -0.25) is 0 Å². The molecule has 0 aromatic carbocycles. The highest BCUT2D eigenvalue weighted by molar-refractivity contribution is 5.86. The van der Waals surface area contributed by atoms with E-state index in [0.29, 0.717) is 11.5 Å². The van der Waals surface area contributed by atoms with Crippen LogP contribution in [0.1, 0.15) is 52.4 Å². The Balaban J connectivity index is 1.72. The van der Waals surface area contributed by atoms with Crippen LogP contribution in [0.25, 0.3) is 0 Å². The molecule has 2 aliphatic rings. The Kier molecular flexibility index (Phi) is 5.03. The molecule has 3 unspecified atom stereocenters. The predicted molar refractivity (Wildman–Crippen MR) is 74.5 cm³/mol. The Morgan fingerprint density at radius 3 is 2.47 bits per heavy atom. The van der Waals surface area contributed by atoms with Crippen LogP contribution < -0.4 is 0 Å². The first-order valence-electron chi connectivity index (χ1n) is 7.50. The van der Waals surface area contributed by atoms with Crippen molar-refractivity contribution in [2.24, 2.45) is 17.8 Å². The van der Waals surface area contributed by atoms with E-state index in [4.69, 9.17) is 9.47 Å². The van der Waals surface area contributed by atoms with Crippen LogP contribution in [0.5, 0.6) is 0 Å². The topological polar surface area (TPSA) is 35.5 Å². The standard InChI is InChI=1S/C16H26O3/c1-11(2)16(17)19-10-18-12(3)15-8-13-5-4-6-14(7-13)9-15/h12-15H,1,4-10H2,2-3H3. The molecule has 2 fully saturated rings. The van der Waals surface area contributed by atoms with E-state index in [9.17, 15) is 4.79 Å². The average Bonchev–Trinajstić information content (AvgIpc) is 2.37. The van der Waals surface area contributed by atoms with E-state index in [1.54, 1.807) is 6.92 Å². The van der Waals surface area contributed by atoms with Crippen molar-refractivity contribution in [1.29, 1.82) is 0 Å². The van der Waals surface area contributed by atoms with Gasteiger partial charge < -0.3 is 9.47 Å². The smallest absolute Gasteiger partial charge is 0.335 e. The molecule has 2 aliphatic carbocycles. The summed E-state index contributed by atoms with van der Waals surface area (Å²) in [5.41, 5.74) is 0.420. The third-order valence-electron chi connectivity index (χ3n) is 4.70. The van der Waals surface area contributed by atoms with Crippen LogP contribution in [0.2, 0.25) is 0 Å².